The van der Waals surface area contributed by atoms with Crippen LogP contribution in [0.1, 0.15) is 23.1 Å². The third kappa shape index (κ3) is 4.03. The first kappa shape index (κ1) is 17.4. The van der Waals surface area contributed by atoms with Gasteiger partial charge in [-0.05, 0) is 33.9 Å². The first-order valence-corrected chi connectivity index (χ1v) is 11.0. The van der Waals surface area contributed by atoms with Gasteiger partial charge in [0.1, 0.15) is 5.01 Å². The normalized spacial score (nSPS) is 11.1. The molecule has 0 saturated carbocycles. The van der Waals surface area contributed by atoms with Crippen LogP contribution < -0.4 is 0 Å². The molecule has 3 aromatic heterocycles. The molecule has 3 heterocycles. The molecule has 0 bridgehead atoms. The molecule has 8 heteroatoms. The Bertz CT molecular complexity index is 957. The average molecular weight is 400 g/mol. The fourth-order valence-corrected chi connectivity index (χ4v) is 4.86. The van der Waals surface area contributed by atoms with Crippen molar-refractivity contribution in [3.05, 3.63) is 63.3 Å². The zero-order valence-electron chi connectivity index (χ0n) is 14.2. The van der Waals surface area contributed by atoms with Crippen molar-refractivity contribution >= 4 is 34.4 Å². The van der Waals surface area contributed by atoms with E-state index in [9.17, 15) is 0 Å². The molecule has 0 atom stereocenters. The van der Waals surface area contributed by atoms with Gasteiger partial charge in [-0.3, -0.25) is 0 Å². The second-order valence-corrected chi connectivity index (χ2v) is 8.51. The van der Waals surface area contributed by atoms with Crippen molar-refractivity contribution in [2.45, 2.75) is 30.8 Å². The summed E-state index contributed by atoms with van der Waals surface area (Å²) in [5.74, 6) is 0.758. The van der Waals surface area contributed by atoms with Gasteiger partial charge in [0.05, 0.1) is 12.2 Å². The zero-order chi connectivity index (χ0) is 17.8. The third-order valence-electron chi connectivity index (χ3n) is 3.89. The molecule has 132 valence electrons. The lowest BCUT2D eigenvalue weighted by molar-refractivity contribution is 0.608. The predicted molar refractivity (Wildman–Crippen MR) is 108 cm³/mol. The van der Waals surface area contributed by atoms with E-state index in [0.717, 1.165) is 28.0 Å². The molecule has 4 aromatic rings. The lowest BCUT2D eigenvalue weighted by atomic mass is 10.1. The fourth-order valence-electron chi connectivity index (χ4n) is 2.48. The highest BCUT2D eigenvalue weighted by Crippen LogP contribution is 2.27. The van der Waals surface area contributed by atoms with Crippen molar-refractivity contribution < 1.29 is 0 Å². The van der Waals surface area contributed by atoms with E-state index in [1.807, 2.05) is 10.7 Å². The van der Waals surface area contributed by atoms with E-state index in [-0.39, 0.29) is 0 Å². The molecule has 4 rings (SSSR count). The highest BCUT2D eigenvalue weighted by molar-refractivity contribution is 7.98. The molecule has 0 aliphatic carbocycles. The van der Waals surface area contributed by atoms with Crippen molar-refractivity contribution in [3.8, 4) is 10.6 Å². The lowest BCUT2D eigenvalue weighted by Crippen LogP contribution is -2.02. The van der Waals surface area contributed by atoms with Crippen LogP contribution in [0.25, 0.3) is 10.6 Å². The number of rotatable bonds is 7. The van der Waals surface area contributed by atoms with Gasteiger partial charge >= 0.3 is 0 Å². The van der Waals surface area contributed by atoms with Gasteiger partial charge < -0.3 is 0 Å². The Morgan fingerprint density at radius 1 is 1.12 bits per heavy atom. The van der Waals surface area contributed by atoms with Gasteiger partial charge in [-0.2, -0.15) is 0 Å². The van der Waals surface area contributed by atoms with Crippen LogP contribution in [0.2, 0.25) is 0 Å². The molecule has 0 fully saturated rings. The molecule has 0 spiro atoms. The zero-order valence-corrected chi connectivity index (χ0v) is 16.7. The summed E-state index contributed by atoms with van der Waals surface area (Å²) < 4.78 is 1.84. The van der Waals surface area contributed by atoms with Gasteiger partial charge in [-0.1, -0.05) is 49.0 Å². The standard InChI is InChI=1S/C18H17N5S3/c1-2-13-5-7-14(8-6-13)17-19-15(11-25-17)12-26-18-20-21-22-23(18)10-16-4-3-9-24-16/h3-9,11H,2,10,12H2,1H3. The molecule has 0 amide bonds. The molecule has 0 aliphatic heterocycles. The van der Waals surface area contributed by atoms with Crippen molar-refractivity contribution in [1.82, 2.24) is 25.2 Å². The minimum absolute atomic E-state index is 0.707. The third-order valence-corrected chi connectivity index (χ3v) is 6.69. The van der Waals surface area contributed by atoms with E-state index in [1.165, 1.54) is 16.0 Å². The largest absolute Gasteiger partial charge is 0.240 e. The molecule has 0 aliphatic rings. The summed E-state index contributed by atoms with van der Waals surface area (Å²) >= 11 is 5.01. The monoisotopic (exact) mass is 399 g/mol. The van der Waals surface area contributed by atoms with Gasteiger partial charge in [0.15, 0.2) is 0 Å². The van der Waals surface area contributed by atoms with Crippen LogP contribution in [0.4, 0.5) is 0 Å². The minimum Gasteiger partial charge on any atom is -0.240 e. The van der Waals surface area contributed by atoms with Crippen LogP contribution in [0.15, 0.2) is 52.3 Å². The predicted octanol–water partition coefficient (Wildman–Crippen LogP) is 4.76. The topological polar surface area (TPSA) is 56.5 Å². The Morgan fingerprint density at radius 2 is 2.00 bits per heavy atom. The summed E-state index contributed by atoms with van der Waals surface area (Å²) in [7, 11) is 0. The Hall–Kier alpha value is -2.03. The number of benzene rings is 1. The lowest BCUT2D eigenvalue weighted by Gasteiger charge is -2.01. The van der Waals surface area contributed by atoms with E-state index in [2.05, 4.69) is 63.5 Å². The SMILES string of the molecule is CCc1ccc(-c2nc(CSc3nnnn3Cc3cccs3)cs2)cc1. The summed E-state index contributed by atoms with van der Waals surface area (Å²) in [5.41, 5.74) is 3.57. The number of hydrogen-bond donors (Lipinski definition) is 0. The van der Waals surface area contributed by atoms with Gasteiger partial charge in [0, 0.05) is 21.6 Å². The van der Waals surface area contributed by atoms with Crippen LogP contribution >= 0.6 is 34.4 Å². The minimum atomic E-state index is 0.707. The van der Waals surface area contributed by atoms with Crippen molar-refractivity contribution in [2.75, 3.05) is 0 Å². The van der Waals surface area contributed by atoms with Gasteiger partial charge in [-0.25, -0.2) is 9.67 Å². The average Bonchev–Trinajstić information content (AvgIpc) is 3.43. The Balaban J connectivity index is 1.41. The molecule has 26 heavy (non-hydrogen) atoms. The summed E-state index contributed by atoms with van der Waals surface area (Å²) in [5, 5.41) is 18.1. The Kier molecular flexibility index (Phi) is 5.42. The molecule has 0 unspecified atom stereocenters. The van der Waals surface area contributed by atoms with Gasteiger partial charge in [-0.15, -0.1) is 27.8 Å². The van der Waals surface area contributed by atoms with Crippen LogP contribution in [0.3, 0.4) is 0 Å². The van der Waals surface area contributed by atoms with Crippen LogP contribution in [-0.4, -0.2) is 25.2 Å². The highest BCUT2D eigenvalue weighted by Gasteiger charge is 2.11. The van der Waals surface area contributed by atoms with Gasteiger partial charge in [0.25, 0.3) is 0 Å². The second kappa shape index (κ2) is 8.11. The molecule has 1 aromatic carbocycles. The smallest absolute Gasteiger partial charge is 0.210 e. The Labute approximate surface area is 164 Å². The Morgan fingerprint density at radius 3 is 2.77 bits per heavy atom. The number of thiophene rings is 1. The highest BCUT2D eigenvalue weighted by atomic mass is 32.2. The summed E-state index contributed by atoms with van der Waals surface area (Å²) in [6.45, 7) is 2.87. The van der Waals surface area contributed by atoms with E-state index in [0.29, 0.717) is 6.54 Å². The van der Waals surface area contributed by atoms with Crippen LogP contribution in [-0.2, 0) is 18.7 Å². The van der Waals surface area contributed by atoms with E-state index in [1.54, 1.807) is 34.4 Å². The number of tetrazole rings is 1. The number of thiazole rings is 1. The molecular formula is C18H17N5S3. The van der Waals surface area contributed by atoms with E-state index >= 15 is 0 Å². The van der Waals surface area contributed by atoms with Crippen LogP contribution in [0.5, 0.6) is 0 Å². The summed E-state index contributed by atoms with van der Waals surface area (Å²) in [4.78, 5) is 6.00. The summed E-state index contributed by atoms with van der Waals surface area (Å²) in [6.07, 6.45) is 1.06. The maximum Gasteiger partial charge on any atom is 0.210 e. The number of thioether (sulfide) groups is 1. The first-order chi connectivity index (χ1) is 12.8. The van der Waals surface area contributed by atoms with Crippen molar-refractivity contribution in [2.24, 2.45) is 0 Å². The van der Waals surface area contributed by atoms with Gasteiger partial charge in [0.2, 0.25) is 5.16 Å². The van der Waals surface area contributed by atoms with Crippen molar-refractivity contribution in [1.29, 1.82) is 0 Å². The number of aryl methyl sites for hydroxylation is 1. The maximum atomic E-state index is 4.76. The molecule has 0 saturated heterocycles. The van der Waals surface area contributed by atoms with E-state index in [4.69, 9.17) is 4.98 Å². The second-order valence-electron chi connectivity index (χ2n) is 5.68. The molecule has 5 nitrogen and oxygen atoms in total. The number of nitrogens with zero attached hydrogens (tertiary/aromatic N) is 5. The summed E-state index contributed by atoms with van der Waals surface area (Å²) in [6, 6.07) is 12.8. The molecule has 0 N–H and O–H groups in total. The maximum absolute atomic E-state index is 4.76. The number of aromatic nitrogens is 5. The van der Waals surface area contributed by atoms with Crippen molar-refractivity contribution in [3.63, 3.8) is 0 Å². The number of hydrogen-bond acceptors (Lipinski definition) is 7. The molecule has 0 radical (unpaired) electrons. The van der Waals surface area contributed by atoms with E-state index < -0.39 is 0 Å². The van der Waals surface area contributed by atoms with Crippen LogP contribution in [0, 0.1) is 0 Å². The quantitative estimate of drug-likeness (QED) is 0.419. The molecular weight excluding hydrogens is 382 g/mol. The first-order valence-electron chi connectivity index (χ1n) is 8.27. The fraction of sp³-hybridized carbons (Fsp3) is 0.222.